The summed E-state index contributed by atoms with van der Waals surface area (Å²) in [5.41, 5.74) is 0.933. The fourth-order valence-corrected chi connectivity index (χ4v) is 8.56. The summed E-state index contributed by atoms with van der Waals surface area (Å²) in [7, 11) is 0. The zero-order chi connectivity index (χ0) is 32.7. The van der Waals surface area contributed by atoms with Crippen molar-refractivity contribution in [3.05, 3.63) is 76.3 Å². The Bertz CT molecular complexity index is 1800. The maximum atomic E-state index is 14.5. The van der Waals surface area contributed by atoms with Crippen LogP contribution in [0.1, 0.15) is 38.2 Å². The van der Waals surface area contributed by atoms with Gasteiger partial charge in [-0.25, -0.2) is 9.29 Å². The van der Waals surface area contributed by atoms with E-state index in [0.717, 1.165) is 21.4 Å². The van der Waals surface area contributed by atoms with E-state index in [1.807, 2.05) is 6.08 Å². The molecule has 2 N–H and O–H groups in total. The summed E-state index contributed by atoms with van der Waals surface area (Å²) in [6.45, 7) is 1.72. The van der Waals surface area contributed by atoms with Crippen molar-refractivity contribution in [2.24, 2.45) is 35.0 Å². The van der Waals surface area contributed by atoms with Crippen molar-refractivity contribution in [3.63, 3.8) is 0 Å². The second kappa shape index (κ2) is 10.8. The lowest BCUT2D eigenvalue weighted by Gasteiger charge is -2.49. The number of halogens is 2. The van der Waals surface area contributed by atoms with E-state index < -0.39 is 64.5 Å². The van der Waals surface area contributed by atoms with Crippen molar-refractivity contribution >= 4 is 46.9 Å². The average molecular weight is 649 g/mol. The molecule has 7 rings (SSSR count). The van der Waals surface area contributed by atoms with E-state index in [2.05, 4.69) is 0 Å². The number of anilines is 1. The second-order valence-electron chi connectivity index (χ2n) is 12.9. The molecular weight excluding hydrogens is 619 g/mol. The normalized spacial score (nSPS) is 29.8. The minimum absolute atomic E-state index is 0.0145. The van der Waals surface area contributed by atoms with Crippen molar-refractivity contribution in [2.45, 2.75) is 39.0 Å². The van der Waals surface area contributed by atoms with Gasteiger partial charge in [0.05, 0.1) is 40.1 Å². The number of aromatic hydroxyl groups is 1. The summed E-state index contributed by atoms with van der Waals surface area (Å²) in [6.07, 6.45) is 4.09. The molecule has 12 heteroatoms. The average Bonchev–Trinajstić information content (AvgIpc) is 3.37. The maximum Gasteiger partial charge on any atom is 0.303 e. The molecule has 3 aliphatic heterocycles. The highest BCUT2D eigenvalue weighted by Crippen LogP contribution is 2.63. The molecule has 0 bridgehead atoms. The molecule has 46 heavy (non-hydrogen) atoms. The third-order valence-electron chi connectivity index (χ3n) is 10.4. The molecule has 3 heterocycles. The summed E-state index contributed by atoms with van der Waals surface area (Å²) in [4.78, 5) is 69.4. The fraction of sp³-hybridized carbons (Fsp3) is 0.382. The van der Waals surface area contributed by atoms with Crippen molar-refractivity contribution in [1.82, 2.24) is 4.90 Å². The third kappa shape index (κ3) is 4.39. The second-order valence-corrected chi connectivity index (χ2v) is 13.3. The topological polar surface area (TPSA) is 142 Å². The first-order chi connectivity index (χ1) is 21.9. The number of phenolic OH excluding ortho intramolecular Hbond substituents is 1. The highest BCUT2D eigenvalue weighted by atomic mass is 35.5. The van der Waals surface area contributed by atoms with E-state index in [4.69, 9.17) is 21.4 Å². The molecule has 0 aromatic heterocycles. The number of rotatable bonds is 6. The molecule has 6 atom stereocenters. The summed E-state index contributed by atoms with van der Waals surface area (Å²) >= 11 is 6.06. The molecular formula is C34H30ClFN2O8. The highest BCUT2D eigenvalue weighted by molar-refractivity contribution is 6.31. The molecule has 1 saturated carbocycles. The summed E-state index contributed by atoms with van der Waals surface area (Å²) in [6, 6.07) is 8.38. The van der Waals surface area contributed by atoms with Gasteiger partial charge in [-0.05, 0) is 74.1 Å². The molecule has 0 spiro atoms. The van der Waals surface area contributed by atoms with Crippen LogP contribution in [-0.4, -0.2) is 51.3 Å². The number of carbonyl (C=O) groups is 5. The van der Waals surface area contributed by atoms with Gasteiger partial charge in [-0.2, -0.15) is 0 Å². The monoisotopic (exact) mass is 648 g/mol. The van der Waals surface area contributed by atoms with Crippen LogP contribution in [0, 0.1) is 40.8 Å². The summed E-state index contributed by atoms with van der Waals surface area (Å²) in [5, 5.41) is 19.0. The predicted octanol–water partition coefficient (Wildman–Crippen LogP) is 4.63. The van der Waals surface area contributed by atoms with E-state index in [9.17, 15) is 33.5 Å². The number of fused-ring (bicyclic) bond motifs is 5. The van der Waals surface area contributed by atoms with Gasteiger partial charge in [0.2, 0.25) is 23.6 Å². The van der Waals surface area contributed by atoms with Crippen LogP contribution in [0.25, 0.3) is 0 Å². The lowest BCUT2D eigenvalue weighted by atomic mass is 9.51. The number of amides is 4. The lowest BCUT2D eigenvalue weighted by molar-refractivity contribution is -0.142. The van der Waals surface area contributed by atoms with Crippen LogP contribution in [0.5, 0.6) is 11.5 Å². The van der Waals surface area contributed by atoms with E-state index >= 15 is 0 Å². The van der Waals surface area contributed by atoms with E-state index in [-0.39, 0.29) is 54.6 Å². The SMILES string of the molecule is CC12C(=O)N(c3ccc(F)c(Cl)c3)C(=O)C1CC1C(=CCC3C(=O)N(CCCC(=O)O)C(=O)C31)C2C1=COc2ccc(O)cc2C1. The van der Waals surface area contributed by atoms with Gasteiger partial charge in [0, 0.05) is 30.9 Å². The Hall–Kier alpha value is -4.51. The number of likely N-dealkylation sites (tertiary alicyclic amines) is 1. The number of phenols is 1. The molecule has 2 aliphatic carbocycles. The Labute approximate surface area is 268 Å². The number of nitrogens with zero attached hydrogens (tertiary/aromatic N) is 2. The Morgan fingerprint density at radius 3 is 2.61 bits per heavy atom. The van der Waals surface area contributed by atoms with Crippen molar-refractivity contribution < 1.29 is 43.3 Å². The molecule has 2 aromatic rings. The highest BCUT2D eigenvalue weighted by Gasteiger charge is 2.68. The number of carbonyl (C=O) groups excluding carboxylic acids is 4. The van der Waals surface area contributed by atoms with Gasteiger partial charge in [-0.3, -0.25) is 28.9 Å². The minimum Gasteiger partial charge on any atom is -0.508 e. The first kappa shape index (κ1) is 30.2. The number of carboxylic acid groups (broad SMARTS) is 1. The number of ether oxygens (including phenoxy) is 1. The van der Waals surface area contributed by atoms with Gasteiger partial charge >= 0.3 is 5.97 Å². The quantitative estimate of drug-likeness (QED) is 0.341. The minimum atomic E-state index is -1.33. The first-order valence-corrected chi connectivity index (χ1v) is 15.6. The maximum absolute atomic E-state index is 14.5. The Kier molecular flexibility index (Phi) is 7.08. The molecule has 6 unspecified atom stereocenters. The first-order valence-electron chi connectivity index (χ1n) is 15.2. The molecule has 238 valence electrons. The van der Waals surface area contributed by atoms with Crippen LogP contribution >= 0.6 is 11.6 Å². The Morgan fingerprint density at radius 1 is 1.09 bits per heavy atom. The zero-order valence-electron chi connectivity index (χ0n) is 24.7. The zero-order valence-corrected chi connectivity index (χ0v) is 25.5. The van der Waals surface area contributed by atoms with Crippen molar-refractivity contribution in [2.75, 3.05) is 11.4 Å². The number of aliphatic carboxylic acids is 1. The standard InChI is InChI=1S/C34H30ClFN2O8/c1-34-23(31(43)38(33(34)45)18-4-8-25(36)24(35)13-18)14-22-20(29(34)17-11-16-12-19(39)5-9-26(16)46-15-17)6-7-21-28(22)32(44)37(30(21)42)10-2-3-27(40)41/h4-6,8-9,12-13,15,21-23,28-29,39H,2-3,7,10-11,14H2,1H3,(H,40,41). The van der Waals surface area contributed by atoms with E-state index in [1.54, 1.807) is 25.3 Å². The Morgan fingerprint density at radius 2 is 1.87 bits per heavy atom. The lowest BCUT2D eigenvalue weighted by Crippen LogP contribution is -2.51. The number of hydrogen-bond donors (Lipinski definition) is 2. The molecule has 2 aromatic carbocycles. The summed E-state index contributed by atoms with van der Waals surface area (Å²) < 4.78 is 20.1. The molecule has 0 radical (unpaired) electrons. The van der Waals surface area contributed by atoms with Gasteiger partial charge in [0.25, 0.3) is 0 Å². The third-order valence-corrected chi connectivity index (χ3v) is 10.7. The number of imide groups is 2. The van der Waals surface area contributed by atoms with Gasteiger partial charge < -0.3 is 14.9 Å². The van der Waals surface area contributed by atoms with Gasteiger partial charge in [0.1, 0.15) is 17.3 Å². The van der Waals surface area contributed by atoms with Crippen molar-refractivity contribution in [1.29, 1.82) is 0 Å². The Balaban J connectivity index is 1.32. The van der Waals surface area contributed by atoms with Crippen LogP contribution in [0.2, 0.25) is 5.02 Å². The van der Waals surface area contributed by atoms with E-state index in [0.29, 0.717) is 23.3 Å². The summed E-state index contributed by atoms with van der Waals surface area (Å²) in [5.74, 6) is -6.49. The van der Waals surface area contributed by atoms with Crippen molar-refractivity contribution in [3.8, 4) is 11.5 Å². The van der Waals surface area contributed by atoms with Crippen LogP contribution in [0.15, 0.2) is 59.9 Å². The van der Waals surface area contributed by atoms with Gasteiger partial charge in [-0.1, -0.05) is 23.3 Å². The van der Waals surface area contributed by atoms with Gasteiger partial charge in [0.15, 0.2) is 0 Å². The molecule has 3 fully saturated rings. The van der Waals surface area contributed by atoms with Crippen LogP contribution in [0.4, 0.5) is 10.1 Å². The van der Waals surface area contributed by atoms with Crippen LogP contribution in [-0.2, 0) is 30.4 Å². The molecule has 4 amide bonds. The van der Waals surface area contributed by atoms with Crippen LogP contribution in [0.3, 0.4) is 0 Å². The number of carboxylic acids is 1. The molecule has 2 saturated heterocycles. The number of allylic oxidation sites excluding steroid dienone is 3. The molecule has 5 aliphatic rings. The van der Waals surface area contributed by atoms with Gasteiger partial charge in [-0.15, -0.1) is 0 Å². The largest absolute Gasteiger partial charge is 0.508 e. The number of hydrogen-bond acceptors (Lipinski definition) is 7. The predicted molar refractivity (Wildman–Crippen MR) is 161 cm³/mol. The van der Waals surface area contributed by atoms with Crippen LogP contribution < -0.4 is 9.64 Å². The van der Waals surface area contributed by atoms with E-state index in [1.165, 1.54) is 18.2 Å². The molecule has 10 nitrogen and oxygen atoms in total. The number of benzene rings is 2. The fourth-order valence-electron chi connectivity index (χ4n) is 8.39. The smallest absolute Gasteiger partial charge is 0.303 e.